The van der Waals surface area contributed by atoms with Gasteiger partial charge in [0.15, 0.2) is 28.9 Å². The molecule has 0 saturated carbocycles. The molecule has 122 valence electrons. The first-order chi connectivity index (χ1) is 10.2. The van der Waals surface area contributed by atoms with Crippen LogP contribution in [0.4, 0.5) is 22.0 Å². The lowest BCUT2D eigenvalue weighted by Gasteiger charge is -2.22. The highest BCUT2D eigenvalue weighted by atomic mass is 31.2. The van der Waals surface area contributed by atoms with Gasteiger partial charge in [0.1, 0.15) is 0 Å². The molecule has 10 heteroatoms. The van der Waals surface area contributed by atoms with Crippen molar-refractivity contribution in [2.24, 2.45) is 0 Å². The quantitative estimate of drug-likeness (QED) is 0.336. The van der Waals surface area contributed by atoms with E-state index in [9.17, 15) is 26.5 Å². The monoisotopic (exact) mass is 343 g/mol. The molecule has 0 heterocycles. The third-order valence-corrected chi connectivity index (χ3v) is 4.82. The minimum atomic E-state index is -4.46. The van der Waals surface area contributed by atoms with Gasteiger partial charge in [-0.2, -0.15) is 5.26 Å². The van der Waals surface area contributed by atoms with Crippen molar-refractivity contribution in [1.82, 2.24) is 0 Å². The van der Waals surface area contributed by atoms with Crippen molar-refractivity contribution >= 4 is 7.60 Å². The van der Waals surface area contributed by atoms with E-state index in [0.29, 0.717) is 0 Å². The van der Waals surface area contributed by atoms with Crippen LogP contribution in [-0.4, -0.2) is 13.2 Å². The van der Waals surface area contributed by atoms with Crippen molar-refractivity contribution in [2.45, 2.75) is 19.5 Å². The van der Waals surface area contributed by atoms with Crippen LogP contribution in [0.15, 0.2) is 0 Å². The highest BCUT2D eigenvalue weighted by Gasteiger charge is 2.43. The molecule has 1 aromatic rings. The van der Waals surface area contributed by atoms with Crippen LogP contribution in [0, 0.1) is 40.4 Å². The van der Waals surface area contributed by atoms with Crippen LogP contribution in [0.3, 0.4) is 0 Å². The summed E-state index contributed by atoms with van der Waals surface area (Å²) in [6.07, 6.45) is 0. The molecular formula is C12H11F5NO3P. The Labute approximate surface area is 123 Å². The van der Waals surface area contributed by atoms with Gasteiger partial charge in [-0.3, -0.25) is 4.57 Å². The average molecular weight is 343 g/mol. The Morgan fingerprint density at radius 2 is 1.32 bits per heavy atom. The van der Waals surface area contributed by atoms with Crippen molar-refractivity contribution in [3.05, 3.63) is 34.6 Å². The zero-order valence-corrected chi connectivity index (χ0v) is 12.4. The van der Waals surface area contributed by atoms with Crippen LogP contribution in [0.1, 0.15) is 25.1 Å². The van der Waals surface area contributed by atoms with Gasteiger partial charge in [0.25, 0.3) is 0 Å². The third kappa shape index (κ3) is 3.14. The molecule has 1 unspecified atom stereocenters. The van der Waals surface area contributed by atoms with Crippen LogP contribution in [0.5, 0.6) is 0 Å². The Kier molecular flexibility index (Phi) is 6.06. The largest absolute Gasteiger partial charge is 0.352 e. The average Bonchev–Trinajstić information content (AvgIpc) is 2.47. The van der Waals surface area contributed by atoms with Crippen LogP contribution < -0.4 is 0 Å². The van der Waals surface area contributed by atoms with E-state index in [0.717, 1.165) is 0 Å². The fraction of sp³-hybridized carbons (Fsp3) is 0.417. The first kappa shape index (κ1) is 18.6. The SMILES string of the molecule is CCOP(=O)(OCC)C(C#N)c1c(F)c(F)c(F)c(F)c1F. The first-order valence-electron chi connectivity index (χ1n) is 6.04. The van der Waals surface area contributed by atoms with Gasteiger partial charge >= 0.3 is 7.60 Å². The molecule has 0 saturated heterocycles. The summed E-state index contributed by atoms with van der Waals surface area (Å²) in [7, 11) is -4.46. The number of rotatable bonds is 6. The van der Waals surface area contributed by atoms with Crippen molar-refractivity contribution < 1.29 is 35.6 Å². The molecule has 0 radical (unpaired) electrons. The maximum atomic E-state index is 13.7. The van der Waals surface area contributed by atoms with E-state index in [-0.39, 0.29) is 13.2 Å². The van der Waals surface area contributed by atoms with Gasteiger partial charge in [0.2, 0.25) is 5.82 Å². The molecule has 0 aliphatic rings. The van der Waals surface area contributed by atoms with Crippen molar-refractivity contribution in [1.29, 1.82) is 5.26 Å². The van der Waals surface area contributed by atoms with E-state index >= 15 is 0 Å². The topological polar surface area (TPSA) is 59.3 Å². The fourth-order valence-electron chi connectivity index (χ4n) is 1.70. The zero-order chi connectivity index (χ0) is 17.1. The summed E-state index contributed by atoms with van der Waals surface area (Å²) in [6.45, 7) is 2.20. The Bertz CT molecular complexity index is 622. The lowest BCUT2D eigenvalue weighted by molar-refractivity contribution is 0.215. The van der Waals surface area contributed by atoms with Gasteiger partial charge in [-0.1, -0.05) is 0 Å². The second-order valence-corrected chi connectivity index (χ2v) is 6.00. The lowest BCUT2D eigenvalue weighted by atomic mass is 10.1. The summed E-state index contributed by atoms with van der Waals surface area (Å²) in [5.74, 6) is -11.4. The zero-order valence-electron chi connectivity index (χ0n) is 11.5. The van der Waals surface area contributed by atoms with E-state index in [1.54, 1.807) is 0 Å². The molecule has 1 aromatic carbocycles. The number of nitrogens with zero attached hydrogens (tertiary/aromatic N) is 1. The van der Waals surface area contributed by atoms with Crippen LogP contribution in [-0.2, 0) is 13.6 Å². The Balaban J connectivity index is 3.63. The smallest absolute Gasteiger partial charge is 0.308 e. The standard InChI is InChI=1S/C12H11F5NO3P/c1-3-20-22(19,21-4-2)6(5-18)7-8(13)10(15)12(17)11(16)9(7)14/h6H,3-4H2,1-2H3. The Hall–Kier alpha value is -1.49. The number of hydrogen-bond donors (Lipinski definition) is 0. The predicted octanol–water partition coefficient (Wildman–Crippen LogP) is 4.21. The summed E-state index contributed by atoms with van der Waals surface area (Å²) < 4.78 is 88.8. The third-order valence-electron chi connectivity index (χ3n) is 2.57. The molecule has 0 bridgehead atoms. The highest BCUT2D eigenvalue weighted by molar-refractivity contribution is 7.54. The fourth-order valence-corrected chi connectivity index (χ4v) is 3.48. The van der Waals surface area contributed by atoms with E-state index in [1.165, 1.54) is 19.9 Å². The maximum Gasteiger partial charge on any atom is 0.352 e. The van der Waals surface area contributed by atoms with Crippen LogP contribution >= 0.6 is 7.60 Å². The van der Waals surface area contributed by atoms with Crippen molar-refractivity contribution in [2.75, 3.05) is 13.2 Å². The lowest BCUT2D eigenvalue weighted by Crippen LogP contribution is -2.13. The highest BCUT2D eigenvalue weighted by Crippen LogP contribution is 2.61. The van der Waals surface area contributed by atoms with Gasteiger partial charge in [0, 0.05) is 0 Å². The van der Waals surface area contributed by atoms with Gasteiger partial charge in [0.05, 0.1) is 24.8 Å². The minimum absolute atomic E-state index is 0.259. The molecule has 0 aliphatic heterocycles. The molecule has 0 N–H and O–H groups in total. The van der Waals surface area contributed by atoms with Crippen LogP contribution in [0.2, 0.25) is 0 Å². The van der Waals surface area contributed by atoms with E-state index in [2.05, 4.69) is 0 Å². The molecule has 0 aliphatic carbocycles. The Morgan fingerprint density at radius 3 is 1.64 bits per heavy atom. The second kappa shape index (κ2) is 7.18. The molecule has 0 amide bonds. The normalized spacial score (nSPS) is 13.0. The predicted molar refractivity (Wildman–Crippen MR) is 65.4 cm³/mol. The van der Waals surface area contributed by atoms with Gasteiger partial charge in [-0.25, -0.2) is 22.0 Å². The molecule has 4 nitrogen and oxygen atoms in total. The van der Waals surface area contributed by atoms with Crippen molar-refractivity contribution in [3.8, 4) is 6.07 Å². The maximum absolute atomic E-state index is 13.7. The van der Waals surface area contributed by atoms with Gasteiger partial charge in [-0.05, 0) is 13.8 Å². The number of benzene rings is 1. The summed E-state index contributed by atoms with van der Waals surface area (Å²) in [4.78, 5) is 0. The van der Waals surface area contributed by atoms with Crippen molar-refractivity contribution in [3.63, 3.8) is 0 Å². The summed E-state index contributed by atoms with van der Waals surface area (Å²) in [6, 6.07) is 1.24. The number of halogens is 5. The van der Waals surface area contributed by atoms with Gasteiger partial charge in [-0.15, -0.1) is 0 Å². The molecule has 0 fully saturated rings. The van der Waals surface area contributed by atoms with Gasteiger partial charge < -0.3 is 9.05 Å². The minimum Gasteiger partial charge on any atom is -0.308 e. The molecule has 1 rings (SSSR count). The molecule has 0 aromatic heterocycles. The van der Waals surface area contributed by atoms with Crippen LogP contribution in [0.25, 0.3) is 0 Å². The van der Waals surface area contributed by atoms with E-state index in [4.69, 9.17) is 14.3 Å². The number of nitriles is 1. The van der Waals surface area contributed by atoms with E-state index < -0.39 is 47.9 Å². The number of hydrogen-bond acceptors (Lipinski definition) is 4. The molecule has 22 heavy (non-hydrogen) atoms. The summed E-state index contributed by atoms with van der Waals surface area (Å²) in [5, 5.41) is 9.01. The summed E-state index contributed by atoms with van der Waals surface area (Å²) in [5.41, 5.74) is -3.83. The molecule has 1 atom stereocenters. The Morgan fingerprint density at radius 1 is 0.955 bits per heavy atom. The van der Waals surface area contributed by atoms with E-state index in [1.807, 2.05) is 0 Å². The first-order valence-corrected chi connectivity index (χ1v) is 7.66. The molecule has 0 spiro atoms. The second-order valence-electron chi connectivity index (χ2n) is 3.89. The molecular weight excluding hydrogens is 332 g/mol. The summed E-state index contributed by atoms with van der Waals surface area (Å²) >= 11 is 0.